The van der Waals surface area contributed by atoms with Crippen LogP contribution in [0.3, 0.4) is 0 Å². The molecule has 7 heteroatoms. The Bertz CT molecular complexity index is 1170. The average molecular weight is 364 g/mol. The monoisotopic (exact) mass is 364 g/mol. The van der Waals surface area contributed by atoms with E-state index in [1.165, 1.54) is 35.1 Å². The Morgan fingerprint density at radius 3 is 2.63 bits per heavy atom. The molecule has 0 aliphatic heterocycles. The second-order valence-electron chi connectivity index (χ2n) is 6.02. The quantitative estimate of drug-likeness (QED) is 0.594. The molecule has 2 aromatic heterocycles. The van der Waals surface area contributed by atoms with Gasteiger partial charge in [-0.25, -0.2) is 13.8 Å². The van der Waals surface area contributed by atoms with Gasteiger partial charge in [-0.2, -0.15) is 5.10 Å². The minimum Gasteiger partial charge on any atom is -0.318 e. The van der Waals surface area contributed by atoms with Crippen molar-refractivity contribution in [1.29, 1.82) is 0 Å². The Morgan fingerprint density at radius 2 is 1.89 bits per heavy atom. The van der Waals surface area contributed by atoms with E-state index in [1.807, 2.05) is 0 Å². The van der Waals surface area contributed by atoms with Gasteiger partial charge in [-0.3, -0.25) is 9.48 Å². The number of fused-ring (bicyclic) bond motifs is 1. The molecule has 0 spiro atoms. The van der Waals surface area contributed by atoms with Crippen LogP contribution in [0.25, 0.3) is 22.2 Å². The Balaban J connectivity index is 1.62. The molecule has 134 valence electrons. The van der Waals surface area contributed by atoms with Crippen LogP contribution in [-0.2, 0) is 7.05 Å². The molecule has 0 unspecified atom stereocenters. The van der Waals surface area contributed by atoms with Gasteiger partial charge >= 0.3 is 0 Å². The number of carbonyl (C=O) groups is 1. The fraction of sp³-hybridized carbons (Fsp3) is 0.0500. The molecule has 0 fully saturated rings. The molecule has 4 aromatic rings. The van der Waals surface area contributed by atoms with Crippen LogP contribution in [0.2, 0.25) is 0 Å². The third kappa shape index (κ3) is 3.27. The van der Waals surface area contributed by atoms with Crippen molar-refractivity contribution in [3.63, 3.8) is 0 Å². The molecule has 0 saturated heterocycles. The highest BCUT2D eigenvalue weighted by atomic mass is 19.1. The smallest absolute Gasteiger partial charge is 0.273 e. The lowest BCUT2D eigenvalue weighted by Crippen LogP contribution is -2.16. The second kappa shape index (κ2) is 6.60. The van der Waals surface area contributed by atoms with Gasteiger partial charge < -0.3 is 5.32 Å². The lowest BCUT2D eigenvalue weighted by atomic mass is 10.1. The van der Waals surface area contributed by atoms with E-state index in [0.29, 0.717) is 27.9 Å². The van der Waals surface area contributed by atoms with Crippen LogP contribution < -0.4 is 5.32 Å². The molecule has 1 amide bonds. The number of hydrogen-bond donors (Lipinski definition) is 1. The van der Waals surface area contributed by atoms with Gasteiger partial charge in [0.25, 0.3) is 5.91 Å². The molecule has 1 N–H and O–H groups in total. The highest BCUT2D eigenvalue weighted by Gasteiger charge is 2.13. The number of benzene rings is 2. The molecule has 4 rings (SSSR count). The zero-order valence-electron chi connectivity index (χ0n) is 14.3. The van der Waals surface area contributed by atoms with Crippen molar-refractivity contribution in [1.82, 2.24) is 14.8 Å². The number of rotatable bonds is 3. The van der Waals surface area contributed by atoms with Gasteiger partial charge in [-0.05, 0) is 42.5 Å². The van der Waals surface area contributed by atoms with Crippen molar-refractivity contribution >= 4 is 22.5 Å². The van der Waals surface area contributed by atoms with E-state index >= 15 is 0 Å². The van der Waals surface area contributed by atoms with Crippen LogP contribution in [0.4, 0.5) is 14.5 Å². The first-order chi connectivity index (χ1) is 13.0. The van der Waals surface area contributed by atoms with Crippen LogP contribution in [0.15, 0.2) is 60.8 Å². The number of aryl methyl sites for hydroxylation is 1. The Kier molecular flexibility index (Phi) is 4.12. The number of nitrogens with zero attached hydrogens (tertiary/aromatic N) is 3. The molecule has 0 aliphatic carbocycles. The summed E-state index contributed by atoms with van der Waals surface area (Å²) in [5.74, 6) is -1.37. The number of amides is 1. The first kappa shape index (κ1) is 16.8. The maximum absolute atomic E-state index is 14.5. The molecule has 2 heterocycles. The van der Waals surface area contributed by atoms with Crippen molar-refractivity contribution in [3.05, 3.63) is 78.1 Å². The summed E-state index contributed by atoms with van der Waals surface area (Å²) >= 11 is 0. The minimum atomic E-state index is -0.580. The summed E-state index contributed by atoms with van der Waals surface area (Å²) in [7, 11) is 1.63. The summed E-state index contributed by atoms with van der Waals surface area (Å²) in [5, 5.41) is 7.11. The van der Waals surface area contributed by atoms with E-state index in [2.05, 4.69) is 15.4 Å². The normalized spacial score (nSPS) is 10.9. The fourth-order valence-electron chi connectivity index (χ4n) is 2.82. The molecule has 0 saturated carbocycles. The topological polar surface area (TPSA) is 59.8 Å². The van der Waals surface area contributed by atoms with Crippen LogP contribution in [0, 0.1) is 11.6 Å². The molecule has 0 aliphatic rings. The molecule has 27 heavy (non-hydrogen) atoms. The fourth-order valence-corrected chi connectivity index (χ4v) is 2.82. The summed E-state index contributed by atoms with van der Waals surface area (Å²) in [5.41, 5.74) is 2.10. The number of hydrogen-bond acceptors (Lipinski definition) is 3. The van der Waals surface area contributed by atoms with E-state index in [1.54, 1.807) is 37.4 Å². The lowest BCUT2D eigenvalue weighted by Gasteiger charge is -2.09. The molecular formula is C20H14F2N4O. The standard InChI is InChI=1S/C20H14F2N4O/c1-26-19(8-9-23-26)20(27)25-18-6-3-13(11-15(18)22)16-5-2-12-10-14(21)4-7-17(12)24-16/h2-11H,1H3,(H,25,27). The molecule has 0 radical (unpaired) electrons. The number of carbonyl (C=O) groups excluding carboxylic acids is 1. The molecule has 5 nitrogen and oxygen atoms in total. The highest BCUT2D eigenvalue weighted by molar-refractivity contribution is 6.03. The van der Waals surface area contributed by atoms with Gasteiger partial charge in [0.1, 0.15) is 17.3 Å². The van der Waals surface area contributed by atoms with Gasteiger partial charge in [0.05, 0.1) is 16.9 Å². The molecular weight excluding hydrogens is 350 g/mol. The van der Waals surface area contributed by atoms with E-state index in [0.717, 1.165) is 0 Å². The van der Waals surface area contributed by atoms with Crippen molar-refractivity contribution in [2.75, 3.05) is 5.32 Å². The van der Waals surface area contributed by atoms with Gasteiger partial charge in [-0.15, -0.1) is 0 Å². The first-order valence-corrected chi connectivity index (χ1v) is 8.17. The van der Waals surface area contributed by atoms with E-state index in [4.69, 9.17) is 0 Å². The maximum atomic E-state index is 14.5. The summed E-state index contributed by atoms with van der Waals surface area (Å²) < 4.78 is 29.2. The molecule has 2 aromatic carbocycles. The first-order valence-electron chi connectivity index (χ1n) is 8.17. The van der Waals surface area contributed by atoms with E-state index in [-0.39, 0.29) is 11.5 Å². The average Bonchev–Trinajstić information content (AvgIpc) is 3.09. The van der Waals surface area contributed by atoms with Crippen molar-refractivity contribution in [2.45, 2.75) is 0 Å². The Morgan fingerprint density at radius 1 is 1.04 bits per heavy atom. The van der Waals surface area contributed by atoms with E-state index in [9.17, 15) is 13.6 Å². The predicted molar refractivity (Wildman–Crippen MR) is 98.3 cm³/mol. The molecule has 0 bridgehead atoms. The van der Waals surface area contributed by atoms with E-state index < -0.39 is 11.7 Å². The third-order valence-corrected chi connectivity index (χ3v) is 4.22. The number of anilines is 1. The summed E-state index contributed by atoms with van der Waals surface area (Å²) in [6, 6.07) is 13.7. The van der Waals surface area contributed by atoms with Crippen LogP contribution in [0.1, 0.15) is 10.5 Å². The highest BCUT2D eigenvalue weighted by Crippen LogP contribution is 2.25. The summed E-state index contributed by atoms with van der Waals surface area (Å²) in [4.78, 5) is 16.6. The number of halogens is 2. The minimum absolute atomic E-state index is 0.0628. The zero-order valence-corrected chi connectivity index (χ0v) is 14.3. The summed E-state index contributed by atoms with van der Waals surface area (Å²) in [6.07, 6.45) is 1.49. The van der Waals surface area contributed by atoms with Crippen LogP contribution in [-0.4, -0.2) is 20.7 Å². The maximum Gasteiger partial charge on any atom is 0.273 e. The zero-order chi connectivity index (χ0) is 19.0. The third-order valence-electron chi connectivity index (χ3n) is 4.22. The van der Waals surface area contributed by atoms with Crippen molar-refractivity contribution in [2.24, 2.45) is 7.05 Å². The Labute approximate surface area is 153 Å². The van der Waals surface area contributed by atoms with Gasteiger partial charge in [0.2, 0.25) is 0 Å². The SMILES string of the molecule is Cn1nccc1C(=O)Nc1ccc(-c2ccc3cc(F)ccc3n2)cc1F. The number of nitrogens with one attached hydrogen (secondary N) is 1. The molecule has 0 atom stereocenters. The predicted octanol–water partition coefficient (Wildman–Crippen LogP) is 4.17. The van der Waals surface area contributed by atoms with Crippen molar-refractivity contribution in [3.8, 4) is 11.3 Å². The van der Waals surface area contributed by atoms with Gasteiger partial charge in [0, 0.05) is 24.2 Å². The summed E-state index contributed by atoms with van der Waals surface area (Å²) in [6.45, 7) is 0. The number of pyridine rings is 1. The van der Waals surface area contributed by atoms with Gasteiger partial charge in [-0.1, -0.05) is 12.1 Å². The largest absolute Gasteiger partial charge is 0.318 e. The van der Waals surface area contributed by atoms with Crippen LogP contribution >= 0.6 is 0 Å². The second-order valence-corrected chi connectivity index (χ2v) is 6.02. The van der Waals surface area contributed by atoms with Crippen LogP contribution in [0.5, 0.6) is 0 Å². The number of aromatic nitrogens is 3. The Hall–Kier alpha value is -3.61. The lowest BCUT2D eigenvalue weighted by molar-refractivity contribution is 0.101. The van der Waals surface area contributed by atoms with Gasteiger partial charge in [0.15, 0.2) is 0 Å². The van der Waals surface area contributed by atoms with Crippen molar-refractivity contribution < 1.29 is 13.6 Å².